The summed E-state index contributed by atoms with van der Waals surface area (Å²) in [6.07, 6.45) is 3.85. The van der Waals surface area contributed by atoms with Crippen LogP contribution in [-0.4, -0.2) is 25.2 Å². The van der Waals surface area contributed by atoms with Crippen LogP contribution in [0.25, 0.3) is 0 Å². The first-order valence-electron chi connectivity index (χ1n) is 6.37. The molecular weight excluding hydrogens is 202 g/mol. The number of carbonyl (C=O) groups is 1. The summed E-state index contributed by atoms with van der Waals surface area (Å²) < 4.78 is 5.05. The Morgan fingerprint density at radius 1 is 1.44 bits per heavy atom. The van der Waals surface area contributed by atoms with Crippen molar-refractivity contribution in [3.63, 3.8) is 0 Å². The van der Waals surface area contributed by atoms with Gasteiger partial charge in [0.1, 0.15) is 0 Å². The molecule has 1 aliphatic rings. The fourth-order valence-corrected chi connectivity index (χ4v) is 2.67. The van der Waals surface area contributed by atoms with Crippen LogP contribution < -0.4 is 5.32 Å². The molecule has 0 aromatic heterocycles. The molecule has 0 amide bonds. The van der Waals surface area contributed by atoms with Gasteiger partial charge in [-0.15, -0.1) is 0 Å². The summed E-state index contributed by atoms with van der Waals surface area (Å²) in [5, 5.41) is 3.36. The molecule has 0 saturated heterocycles. The Morgan fingerprint density at radius 2 is 2.12 bits per heavy atom. The normalized spacial score (nSPS) is 34.8. The summed E-state index contributed by atoms with van der Waals surface area (Å²) in [7, 11) is 1.96. The lowest BCUT2D eigenvalue weighted by atomic mass is 9.70. The topological polar surface area (TPSA) is 38.3 Å². The van der Waals surface area contributed by atoms with Crippen molar-refractivity contribution in [1.29, 1.82) is 0 Å². The van der Waals surface area contributed by atoms with Gasteiger partial charge in [-0.3, -0.25) is 4.79 Å². The Kier molecular flexibility index (Phi) is 4.78. The predicted molar refractivity (Wildman–Crippen MR) is 65.2 cm³/mol. The van der Waals surface area contributed by atoms with E-state index < -0.39 is 0 Å². The smallest absolute Gasteiger partial charge is 0.307 e. The SMILES string of the molecule is CCOC(=O)CC1(NC)CCC(C)C(C)C1. The molecule has 0 bridgehead atoms. The molecular formula is C13H25NO2. The first-order valence-corrected chi connectivity index (χ1v) is 6.37. The van der Waals surface area contributed by atoms with E-state index in [0.717, 1.165) is 18.8 Å². The van der Waals surface area contributed by atoms with Gasteiger partial charge in [0.2, 0.25) is 0 Å². The van der Waals surface area contributed by atoms with E-state index in [9.17, 15) is 4.79 Å². The zero-order valence-electron chi connectivity index (χ0n) is 11.0. The van der Waals surface area contributed by atoms with E-state index in [2.05, 4.69) is 19.2 Å². The number of carbonyl (C=O) groups excluding carboxylic acids is 1. The third kappa shape index (κ3) is 3.21. The minimum Gasteiger partial charge on any atom is -0.466 e. The van der Waals surface area contributed by atoms with Crippen molar-refractivity contribution in [2.75, 3.05) is 13.7 Å². The van der Waals surface area contributed by atoms with E-state index in [-0.39, 0.29) is 11.5 Å². The standard InChI is InChI=1S/C13H25NO2/c1-5-16-12(15)9-13(14-4)7-6-10(2)11(3)8-13/h10-11,14H,5-9H2,1-4H3. The number of hydrogen-bond acceptors (Lipinski definition) is 3. The summed E-state index contributed by atoms with van der Waals surface area (Å²) in [6.45, 7) is 6.91. The summed E-state index contributed by atoms with van der Waals surface area (Å²) in [5.74, 6) is 1.37. The second-order valence-electron chi connectivity index (χ2n) is 5.21. The first kappa shape index (κ1) is 13.5. The van der Waals surface area contributed by atoms with Gasteiger partial charge >= 0.3 is 5.97 Å². The van der Waals surface area contributed by atoms with Crippen LogP contribution in [0.4, 0.5) is 0 Å². The van der Waals surface area contributed by atoms with Crippen molar-refractivity contribution in [2.24, 2.45) is 11.8 Å². The second-order valence-corrected chi connectivity index (χ2v) is 5.21. The van der Waals surface area contributed by atoms with Crippen LogP contribution in [0.5, 0.6) is 0 Å². The van der Waals surface area contributed by atoms with Gasteiger partial charge < -0.3 is 10.1 Å². The third-order valence-electron chi connectivity index (χ3n) is 4.08. The largest absolute Gasteiger partial charge is 0.466 e. The molecule has 16 heavy (non-hydrogen) atoms. The van der Waals surface area contributed by atoms with Gasteiger partial charge in [0, 0.05) is 5.54 Å². The number of hydrogen-bond donors (Lipinski definition) is 1. The third-order valence-corrected chi connectivity index (χ3v) is 4.08. The molecule has 94 valence electrons. The van der Waals surface area contributed by atoms with Gasteiger partial charge in [0.05, 0.1) is 13.0 Å². The molecule has 1 saturated carbocycles. The maximum atomic E-state index is 11.6. The van der Waals surface area contributed by atoms with Crippen molar-refractivity contribution >= 4 is 5.97 Å². The van der Waals surface area contributed by atoms with Gasteiger partial charge in [0.15, 0.2) is 0 Å². The van der Waals surface area contributed by atoms with Crippen molar-refractivity contribution in [2.45, 2.75) is 52.0 Å². The molecule has 0 aliphatic heterocycles. The molecule has 3 unspecified atom stereocenters. The van der Waals surface area contributed by atoms with Crippen LogP contribution >= 0.6 is 0 Å². The van der Waals surface area contributed by atoms with E-state index >= 15 is 0 Å². The number of rotatable bonds is 4. The lowest BCUT2D eigenvalue weighted by Crippen LogP contribution is -2.49. The van der Waals surface area contributed by atoms with Crippen molar-refractivity contribution in [1.82, 2.24) is 5.32 Å². The van der Waals surface area contributed by atoms with Crippen molar-refractivity contribution in [3.05, 3.63) is 0 Å². The molecule has 0 aromatic carbocycles. The van der Waals surface area contributed by atoms with Gasteiger partial charge in [-0.05, 0) is 45.1 Å². The minimum atomic E-state index is -0.0707. The summed E-state index contributed by atoms with van der Waals surface area (Å²) in [5.41, 5.74) is -0.0296. The molecule has 0 spiro atoms. The van der Waals surface area contributed by atoms with E-state index in [1.54, 1.807) is 0 Å². The quantitative estimate of drug-likeness (QED) is 0.749. The van der Waals surface area contributed by atoms with Crippen LogP contribution in [0.15, 0.2) is 0 Å². The molecule has 1 aliphatic carbocycles. The van der Waals surface area contributed by atoms with Crippen LogP contribution in [-0.2, 0) is 9.53 Å². The second kappa shape index (κ2) is 5.67. The minimum absolute atomic E-state index is 0.0296. The molecule has 0 aromatic rings. The van der Waals surface area contributed by atoms with Crippen LogP contribution in [0, 0.1) is 11.8 Å². The predicted octanol–water partition coefficient (Wildman–Crippen LogP) is 2.35. The van der Waals surface area contributed by atoms with E-state index in [1.165, 1.54) is 6.42 Å². The Hall–Kier alpha value is -0.570. The Bertz CT molecular complexity index is 242. The maximum Gasteiger partial charge on any atom is 0.307 e. The summed E-state index contributed by atoms with van der Waals surface area (Å²) in [6, 6.07) is 0. The average Bonchev–Trinajstić information content (AvgIpc) is 2.24. The van der Waals surface area contributed by atoms with Crippen LogP contribution in [0.1, 0.15) is 46.5 Å². The molecule has 0 radical (unpaired) electrons. The molecule has 1 fully saturated rings. The lowest BCUT2D eigenvalue weighted by Gasteiger charge is -2.42. The lowest BCUT2D eigenvalue weighted by molar-refractivity contribution is -0.145. The van der Waals surface area contributed by atoms with Gasteiger partial charge in [-0.2, -0.15) is 0 Å². The fourth-order valence-electron chi connectivity index (χ4n) is 2.67. The molecule has 1 N–H and O–H groups in total. The highest BCUT2D eigenvalue weighted by molar-refractivity contribution is 5.71. The van der Waals surface area contributed by atoms with Gasteiger partial charge in [-0.25, -0.2) is 0 Å². The Balaban J connectivity index is 2.60. The molecule has 3 nitrogen and oxygen atoms in total. The van der Waals surface area contributed by atoms with Crippen LogP contribution in [0.3, 0.4) is 0 Å². The zero-order valence-corrected chi connectivity index (χ0v) is 11.0. The number of nitrogens with one attached hydrogen (secondary N) is 1. The highest BCUT2D eigenvalue weighted by Gasteiger charge is 2.38. The highest BCUT2D eigenvalue weighted by Crippen LogP contribution is 2.38. The average molecular weight is 227 g/mol. The Morgan fingerprint density at radius 3 is 2.62 bits per heavy atom. The van der Waals surface area contributed by atoms with Gasteiger partial charge in [-0.1, -0.05) is 13.8 Å². The maximum absolute atomic E-state index is 11.6. The highest BCUT2D eigenvalue weighted by atomic mass is 16.5. The molecule has 3 heteroatoms. The Labute approximate surface area is 98.9 Å². The summed E-state index contributed by atoms with van der Waals surface area (Å²) in [4.78, 5) is 11.6. The zero-order chi connectivity index (χ0) is 12.2. The summed E-state index contributed by atoms with van der Waals surface area (Å²) >= 11 is 0. The van der Waals surface area contributed by atoms with E-state index in [0.29, 0.717) is 18.9 Å². The molecule has 0 heterocycles. The van der Waals surface area contributed by atoms with Crippen molar-refractivity contribution < 1.29 is 9.53 Å². The van der Waals surface area contributed by atoms with Crippen LogP contribution in [0.2, 0.25) is 0 Å². The van der Waals surface area contributed by atoms with E-state index in [1.807, 2.05) is 14.0 Å². The van der Waals surface area contributed by atoms with E-state index in [4.69, 9.17) is 4.74 Å². The molecule has 3 atom stereocenters. The molecule has 1 rings (SSSR count). The number of esters is 1. The van der Waals surface area contributed by atoms with Gasteiger partial charge in [0.25, 0.3) is 0 Å². The first-order chi connectivity index (χ1) is 7.53. The number of ether oxygens (including phenoxy) is 1. The monoisotopic (exact) mass is 227 g/mol. The van der Waals surface area contributed by atoms with Crippen molar-refractivity contribution in [3.8, 4) is 0 Å². The fraction of sp³-hybridized carbons (Fsp3) is 0.923.